The van der Waals surface area contributed by atoms with Gasteiger partial charge in [0.15, 0.2) is 0 Å². The minimum Gasteiger partial charge on any atom is -0.508 e. The van der Waals surface area contributed by atoms with Gasteiger partial charge in [0.1, 0.15) is 5.75 Å². The Morgan fingerprint density at radius 3 is 1.81 bits per heavy atom. The van der Waals surface area contributed by atoms with Crippen LogP contribution in [-0.4, -0.2) is 5.11 Å². The molecule has 1 nitrogen and oxygen atoms in total. The number of benzene rings is 1. The van der Waals surface area contributed by atoms with Crippen LogP contribution in [0.1, 0.15) is 129 Å². The second kappa shape index (κ2) is 16.0. The number of hydrogen-bond donors (Lipinski definition) is 1. The van der Waals surface area contributed by atoms with Crippen molar-refractivity contribution in [3.63, 3.8) is 0 Å². The highest BCUT2D eigenvalue weighted by Gasteiger charge is 2.24. The number of phenols is 1. The van der Waals surface area contributed by atoms with E-state index in [9.17, 15) is 5.11 Å². The minimum absolute atomic E-state index is 0.516. The topological polar surface area (TPSA) is 20.2 Å². The first-order valence-electron chi connectivity index (χ1n) is 12.0. The molecule has 1 N–H and O–H groups in total. The molecule has 2 unspecified atom stereocenters. The number of unbranched alkanes of at least 4 members (excludes halogenated alkanes) is 9. The van der Waals surface area contributed by atoms with E-state index in [0.29, 0.717) is 11.7 Å². The Morgan fingerprint density at radius 2 is 1.15 bits per heavy atom. The van der Waals surface area contributed by atoms with E-state index >= 15 is 0 Å². The molecular formula is C26H46O. The average Bonchev–Trinajstić information content (AvgIpc) is 2.68. The third-order valence-electron chi connectivity index (χ3n) is 6.13. The van der Waals surface area contributed by atoms with Crippen LogP contribution in [0.5, 0.6) is 5.75 Å². The zero-order chi connectivity index (χ0) is 19.7. The van der Waals surface area contributed by atoms with Gasteiger partial charge in [-0.3, -0.25) is 0 Å². The van der Waals surface area contributed by atoms with Gasteiger partial charge in [0, 0.05) is 0 Å². The Bertz CT molecular complexity index is 453. The summed E-state index contributed by atoms with van der Waals surface area (Å²) in [5, 5.41) is 10.5. The van der Waals surface area contributed by atoms with Gasteiger partial charge in [-0.1, -0.05) is 116 Å². The molecule has 0 amide bonds. The van der Waals surface area contributed by atoms with Crippen LogP contribution in [0.15, 0.2) is 24.3 Å². The Balaban J connectivity index is 2.71. The van der Waals surface area contributed by atoms with Crippen molar-refractivity contribution in [1.29, 1.82) is 0 Å². The molecule has 0 heterocycles. The number of hydrogen-bond acceptors (Lipinski definition) is 1. The predicted molar refractivity (Wildman–Crippen MR) is 121 cm³/mol. The van der Waals surface area contributed by atoms with Crippen molar-refractivity contribution < 1.29 is 5.11 Å². The van der Waals surface area contributed by atoms with E-state index in [2.05, 4.69) is 32.9 Å². The fraction of sp³-hybridized carbons (Fsp3) is 0.769. The van der Waals surface area contributed by atoms with Crippen molar-refractivity contribution in [2.45, 2.75) is 123 Å². The first kappa shape index (κ1) is 24.1. The van der Waals surface area contributed by atoms with Crippen molar-refractivity contribution >= 4 is 0 Å². The monoisotopic (exact) mass is 374 g/mol. The number of phenolic OH excluding ortho intramolecular Hbond substituents is 1. The summed E-state index contributed by atoms with van der Waals surface area (Å²) in [6.07, 6.45) is 20.0. The molecule has 27 heavy (non-hydrogen) atoms. The van der Waals surface area contributed by atoms with Gasteiger partial charge in [0.25, 0.3) is 0 Å². The van der Waals surface area contributed by atoms with Crippen molar-refractivity contribution in [3.05, 3.63) is 29.8 Å². The molecule has 0 fully saturated rings. The second-order valence-corrected chi connectivity index (χ2v) is 8.47. The summed E-state index contributed by atoms with van der Waals surface area (Å²) in [5.41, 5.74) is 1.21. The van der Waals surface area contributed by atoms with Crippen molar-refractivity contribution in [2.75, 3.05) is 0 Å². The molecule has 0 aliphatic heterocycles. The van der Waals surface area contributed by atoms with E-state index in [1.165, 1.54) is 102 Å². The summed E-state index contributed by atoms with van der Waals surface area (Å²) >= 11 is 0. The number of aromatic hydroxyl groups is 1. The third kappa shape index (κ3) is 10.2. The molecular weight excluding hydrogens is 328 g/mol. The van der Waals surface area contributed by atoms with Crippen LogP contribution in [0.2, 0.25) is 0 Å². The fourth-order valence-electron chi connectivity index (χ4n) is 4.44. The predicted octanol–water partition coefficient (Wildman–Crippen LogP) is 9.00. The molecule has 156 valence electrons. The van der Waals surface area contributed by atoms with Gasteiger partial charge in [-0.15, -0.1) is 0 Å². The van der Waals surface area contributed by atoms with Gasteiger partial charge in [0.05, 0.1) is 0 Å². The van der Waals surface area contributed by atoms with E-state index in [4.69, 9.17) is 0 Å². The lowest BCUT2D eigenvalue weighted by Gasteiger charge is -2.29. The van der Waals surface area contributed by atoms with Crippen molar-refractivity contribution in [3.8, 4) is 5.75 Å². The van der Waals surface area contributed by atoms with Gasteiger partial charge >= 0.3 is 0 Å². The van der Waals surface area contributed by atoms with Crippen molar-refractivity contribution in [1.82, 2.24) is 0 Å². The van der Waals surface area contributed by atoms with Gasteiger partial charge in [0.2, 0.25) is 0 Å². The van der Waals surface area contributed by atoms with Crippen LogP contribution in [0.3, 0.4) is 0 Å². The Morgan fingerprint density at radius 1 is 0.630 bits per heavy atom. The first-order valence-corrected chi connectivity index (χ1v) is 12.0. The summed E-state index contributed by atoms with van der Waals surface area (Å²) in [6.45, 7) is 6.88. The largest absolute Gasteiger partial charge is 0.508 e. The number of rotatable bonds is 17. The van der Waals surface area contributed by atoms with Crippen LogP contribution in [0.4, 0.5) is 0 Å². The van der Waals surface area contributed by atoms with Crippen molar-refractivity contribution in [2.24, 2.45) is 5.92 Å². The van der Waals surface area contributed by atoms with E-state index < -0.39 is 0 Å². The second-order valence-electron chi connectivity index (χ2n) is 8.47. The lowest BCUT2D eigenvalue weighted by Crippen LogP contribution is -2.14. The normalized spacial score (nSPS) is 13.6. The van der Waals surface area contributed by atoms with Crippen LogP contribution in [0, 0.1) is 5.92 Å². The highest BCUT2D eigenvalue weighted by molar-refractivity contribution is 5.35. The lowest BCUT2D eigenvalue weighted by atomic mass is 9.76. The molecule has 1 rings (SSSR count). The maximum atomic E-state index is 10.5. The summed E-state index contributed by atoms with van der Waals surface area (Å²) in [7, 11) is 0. The van der Waals surface area contributed by atoms with Crippen LogP contribution >= 0.6 is 0 Å². The summed E-state index contributed by atoms with van der Waals surface area (Å²) < 4.78 is 0. The Labute approximate surface area is 170 Å². The summed E-state index contributed by atoms with van der Waals surface area (Å²) in [6, 6.07) is 8.13. The standard InChI is InChI=1S/C26H46O/c1-4-7-10-11-12-13-15-20-24(25-21-16-17-22-26(25)27)23(18-9-6-3)19-14-8-5-2/h16-17,21-24,27H,4-15,18-20H2,1-3H3. The molecule has 0 aromatic heterocycles. The average molecular weight is 375 g/mol. The molecule has 0 saturated heterocycles. The minimum atomic E-state index is 0.516. The molecule has 0 spiro atoms. The fourth-order valence-corrected chi connectivity index (χ4v) is 4.44. The van der Waals surface area contributed by atoms with Gasteiger partial charge < -0.3 is 5.11 Å². The van der Waals surface area contributed by atoms with Gasteiger partial charge in [-0.2, -0.15) is 0 Å². The number of para-hydroxylation sites is 1. The van der Waals surface area contributed by atoms with Gasteiger partial charge in [-0.05, 0) is 42.7 Å². The molecule has 0 aliphatic rings. The van der Waals surface area contributed by atoms with E-state index in [-0.39, 0.29) is 0 Å². The maximum absolute atomic E-state index is 10.5. The third-order valence-corrected chi connectivity index (χ3v) is 6.13. The highest BCUT2D eigenvalue weighted by Crippen LogP contribution is 2.40. The van der Waals surface area contributed by atoms with E-state index in [1.54, 1.807) is 0 Å². The zero-order valence-electron chi connectivity index (χ0n) is 18.5. The Kier molecular flexibility index (Phi) is 14.3. The smallest absolute Gasteiger partial charge is 0.119 e. The molecule has 0 bridgehead atoms. The lowest BCUT2D eigenvalue weighted by molar-refractivity contribution is 0.318. The summed E-state index contributed by atoms with van der Waals surface area (Å²) in [5.74, 6) is 1.78. The molecule has 1 aromatic rings. The van der Waals surface area contributed by atoms with Gasteiger partial charge in [-0.25, -0.2) is 0 Å². The molecule has 1 heteroatoms. The molecule has 2 atom stereocenters. The first-order chi connectivity index (χ1) is 13.2. The molecule has 0 radical (unpaired) electrons. The zero-order valence-corrected chi connectivity index (χ0v) is 18.5. The quantitative estimate of drug-likeness (QED) is 0.270. The maximum Gasteiger partial charge on any atom is 0.119 e. The molecule has 0 saturated carbocycles. The van der Waals surface area contributed by atoms with E-state index in [0.717, 1.165) is 5.92 Å². The summed E-state index contributed by atoms with van der Waals surface area (Å²) in [4.78, 5) is 0. The van der Waals surface area contributed by atoms with E-state index in [1.807, 2.05) is 12.1 Å². The molecule has 0 aliphatic carbocycles. The SMILES string of the molecule is CCCCCCCCCC(c1ccccc1O)C(CCCC)CCCCC. The Hall–Kier alpha value is -0.980. The van der Waals surface area contributed by atoms with Crippen LogP contribution in [0.25, 0.3) is 0 Å². The highest BCUT2D eigenvalue weighted by atomic mass is 16.3. The van der Waals surface area contributed by atoms with Crippen LogP contribution < -0.4 is 0 Å². The molecule has 1 aromatic carbocycles. The van der Waals surface area contributed by atoms with Crippen LogP contribution in [-0.2, 0) is 0 Å².